The first kappa shape index (κ1) is 20.7. The van der Waals surface area contributed by atoms with Gasteiger partial charge in [-0.05, 0) is 19.1 Å². The van der Waals surface area contributed by atoms with Gasteiger partial charge in [0.15, 0.2) is 0 Å². The van der Waals surface area contributed by atoms with Crippen LogP contribution in [0.4, 0.5) is 0 Å². The topological polar surface area (TPSA) is 83.1 Å². The van der Waals surface area contributed by atoms with Crippen LogP contribution >= 0.6 is 11.3 Å². The number of methoxy groups -OCH3 is 1. The first-order valence-electron chi connectivity index (χ1n) is 10.2. The summed E-state index contributed by atoms with van der Waals surface area (Å²) in [6.07, 6.45) is 0.795. The van der Waals surface area contributed by atoms with E-state index in [4.69, 9.17) is 4.74 Å². The second kappa shape index (κ2) is 8.69. The molecule has 3 heterocycles. The van der Waals surface area contributed by atoms with Gasteiger partial charge in [0.05, 0.1) is 28.4 Å². The van der Waals surface area contributed by atoms with Gasteiger partial charge in [0.25, 0.3) is 0 Å². The quantitative estimate of drug-likeness (QED) is 0.687. The van der Waals surface area contributed by atoms with Crippen molar-refractivity contribution >= 4 is 39.3 Å². The summed E-state index contributed by atoms with van der Waals surface area (Å²) in [5.41, 5.74) is 0.936. The Labute approximate surface area is 179 Å². The molecular weight excluding hydrogens is 404 g/mol. The van der Waals surface area contributed by atoms with Gasteiger partial charge in [-0.25, -0.2) is 4.98 Å². The van der Waals surface area contributed by atoms with Crippen LogP contribution in [0.5, 0.6) is 0 Å². The summed E-state index contributed by atoms with van der Waals surface area (Å²) < 4.78 is 6.18. The molecule has 4 rings (SSSR count). The number of piperazine rings is 2. The molecule has 2 aliphatic rings. The molecule has 0 aliphatic carbocycles. The largest absolute Gasteiger partial charge is 0.383 e. The molecule has 8 nitrogen and oxygen atoms in total. The minimum absolute atomic E-state index is 0.109. The Bertz CT molecular complexity index is 928. The Morgan fingerprint density at radius 1 is 1.23 bits per heavy atom. The number of benzene rings is 1. The fourth-order valence-electron chi connectivity index (χ4n) is 4.12. The molecule has 2 aromatic rings. The van der Waals surface area contributed by atoms with Crippen molar-refractivity contribution in [1.82, 2.24) is 19.7 Å². The number of para-hydroxylation sites is 1. The fraction of sp³-hybridized carbons (Fsp3) is 0.524. The zero-order valence-corrected chi connectivity index (χ0v) is 18.1. The zero-order chi connectivity index (χ0) is 21.3. The Morgan fingerprint density at radius 2 is 2.03 bits per heavy atom. The van der Waals surface area contributed by atoms with Crippen molar-refractivity contribution < 1.29 is 19.1 Å². The van der Waals surface area contributed by atoms with Crippen LogP contribution in [0.3, 0.4) is 0 Å². The van der Waals surface area contributed by atoms with Crippen LogP contribution < -0.4 is 0 Å². The van der Waals surface area contributed by atoms with E-state index < -0.39 is 12.1 Å². The number of aromatic nitrogens is 1. The summed E-state index contributed by atoms with van der Waals surface area (Å²) in [6.45, 7) is 3.94. The summed E-state index contributed by atoms with van der Waals surface area (Å²) in [7, 11) is 1.60. The number of fused-ring (bicyclic) bond motifs is 2. The Kier molecular flexibility index (Phi) is 6.01. The first-order valence-corrected chi connectivity index (χ1v) is 11.0. The van der Waals surface area contributed by atoms with Crippen LogP contribution in [0, 0.1) is 0 Å². The molecule has 0 N–H and O–H groups in total. The van der Waals surface area contributed by atoms with Crippen molar-refractivity contribution in [3.8, 4) is 0 Å². The molecule has 9 heteroatoms. The molecule has 30 heavy (non-hydrogen) atoms. The second-order valence-corrected chi connectivity index (χ2v) is 8.78. The van der Waals surface area contributed by atoms with Gasteiger partial charge in [-0.15, -0.1) is 11.3 Å². The van der Waals surface area contributed by atoms with Crippen molar-refractivity contribution in [3.63, 3.8) is 0 Å². The minimum atomic E-state index is -0.606. The summed E-state index contributed by atoms with van der Waals surface area (Å²) in [5.74, 6) is -0.376. The van der Waals surface area contributed by atoms with Crippen LogP contribution in [0.15, 0.2) is 24.3 Å². The highest BCUT2D eigenvalue weighted by molar-refractivity contribution is 7.18. The van der Waals surface area contributed by atoms with E-state index in [9.17, 15) is 14.4 Å². The summed E-state index contributed by atoms with van der Waals surface area (Å²) in [4.78, 5) is 48.2. The average Bonchev–Trinajstić information content (AvgIpc) is 3.17. The third-order valence-corrected chi connectivity index (χ3v) is 6.93. The lowest BCUT2D eigenvalue weighted by molar-refractivity contribution is -0.165. The molecule has 160 valence electrons. The van der Waals surface area contributed by atoms with Gasteiger partial charge >= 0.3 is 0 Å². The summed E-state index contributed by atoms with van der Waals surface area (Å²) >= 11 is 1.58. The standard InChI is InChI=1S/C21H26N4O4S/c1-14-20(27)24-10-9-23(11-12-29-2)21(28)16(24)13-25(14)19(26)8-7-18-22-15-5-3-4-6-17(15)30-18/h3-6,14,16H,7-13H2,1-2H3/t14-,16-/m0/s1. The third-order valence-electron chi connectivity index (χ3n) is 5.84. The number of thiazole rings is 1. The molecular formula is C21H26N4O4S. The highest BCUT2D eigenvalue weighted by Gasteiger charge is 2.46. The molecule has 1 aromatic heterocycles. The van der Waals surface area contributed by atoms with E-state index in [2.05, 4.69) is 4.98 Å². The predicted molar refractivity (Wildman–Crippen MR) is 113 cm³/mol. The fourth-order valence-corrected chi connectivity index (χ4v) is 5.09. The Morgan fingerprint density at radius 3 is 2.80 bits per heavy atom. The lowest BCUT2D eigenvalue weighted by Gasteiger charge is -2.48. The van der Waals surface area contributed by atoms with E-state index in [0.717, 1.165) is 15.2 Å². The number of ether oxygens (including phenoxy) is 1. The van der Waals surface area contributed by atoms with Crippen LogP contribution in [0.1, 0.15) is 18.4 Å². The molecule has 2 atom stereocenters. The Hall–Kier alpha value is -2.52. The highest BCUT2D eigenvalue weighted by Crippen LogP contribution is 2.25. The van der Waals surface area contributed by atoms with Crippen molar-refractivity contribution in [2.24, 2.45) is 0 Å². The van der Waals surface area contributed by atoms with Crippen LogP contribution in [0.25, 0.3) is 10.2 Å². The maximum atomic E-state index is 13.0. The number of carbonyl (C=O) groups is 3. The van der Waals surface area contributed by atoms with Gasteiger partial charge in [0.2, 0.25) is 17.7 Å². The maximum absolute atomic E-state index is 13.0. The van der Waals surface area contributed by atoms with E-state index in [1.54, 1.807) is 40.1 Å². The molecule has 3 amide bonds. The zero-order valence-electron chi connectivity index (χ0n) is 17.2. The predicted octanol–water partition coefficient (Wildman–Crippen LogP) is 1.15. The molecule has 1 aromatic carbocycles. The summed E-state index contributed by atoms with van der Waals surface area (Å²) in [6, 6.07) is 6.73. The lowest BCUT2D eigenvalue weighted by atomic mass is 10.0. The summed E-state index contributed by atoms with van der Waals surface area (Å²) in [5, 5.41) is 0.904. The van der Waals surface area contributed by atoms with Crippen molar-refractivity contribution in [1.29, 1.82) is 0 Å². The third kappa shape index (κ3) is 3.91. The average molecular weight is 431 g/mol. The Balaban J connectivity index is 1.43. The number of carbonyl (C=O) groups excluding carboxylic acids is 3. The lowest BCUT2D eigenvalue weighted by Crippen LogP contribution is -2.70. The van der Waals surface area contributed by atoms with Gasteiger partial charge < -0.3 is 19.4 Å². The molecule has 0 spiro atoms. The molecule has 2 saturated heterocycles. The SMILES string of the molecule is COCCN1CCN2C(=O)[C@H](C)N(C(=O)CCc3nc4ccccc4s3)C[C@H]2C1=O. The van der Waals surface area contributed by atoms with Crippen molar-refractivity contribution in [2.45, 2.75) is 31.8 Å². The van der Waals surface area contributed by atoms with Gasteiger partial charge in [0, 0.05) is 39.6 Å². The van der Waals surface area contributed by atoms with Gasteiger partial charge in [0.1, 0.15) is 12.1 Å². The number of aryl methyl sites for hydroxylation is 1. The first-order chi connectivity index (χ1) is 14.5. The van der Waals surface area contributed by atoms with Crippen LogP contribution in [-0.4, -0.2) is 89.4 Å². The molecule has 0 unspecified atom stereocenters. The van der Waals surface area contributed by atoms with Crippen LogP contribution in [-0.2, 0) is 25.5 Å². The molecule has 0 radical (unpaired) electrons. The van der Waals surface area contributed by atoms with Crippen molar-refractivity contribution in [3.05, 3.63) is 29.3 Å². The molecule has 2 fully saturated rings. The van der Waals surface area contributed by atoms with E-state index in [1.165, 1.54) is 0 Å². The van der Waals surface area contributed by atoms with E-state index in [1.807, 2.05) is 24.3 Å². The van der Waals surface area contributed by atoms with Gasteiger partial charge in [-0.1, -0.05) is 12.1 Å². The normalized spacial score (nSPS) is 22.0. The van der Waals surface area contributed by atoms with Gasteiger partial charge in [-0.2, -0.15) is 0 Å². The number of rotatable bonds is 6. The van der Waals surface area contributed by atoms with Crippen LogP contribution in [0.2, 0.25) is 0 Å². The smallest absolute Gasteiger partial charge is 0.247 e. The molecule has 0 saturated carbocycles. The number of hydrogen-bond donors (Lipinski definition) is 0. The van der Waals surface area contributed by atoms with E-state index >= 15 is 0 Å². The van der Waals surface area contributed by atoms with Gasteiger partial charge in [-0.3, -0.25) is 14.4 Å². The highest BCUT2D eigenvalue weighted by atomic mass is 32.1. The number of amides is 3. The molecule has 2 aliphatic heterocycles. The van der Waals surface area contributed by atoms with E-state index in [-0.39, 0.29) is 30.7 Å². The maximum Gasteiger partial charge on any atom is 0.247 e. The minimum Gasteiger partial charge on any atom is -0.383 e. The second-order valence-electron chi connectivity index (χ2n) is 7.66. The number of nitrogens with zero attached hydrogens (tertiary/aromatic N) is 4. The molecule has 0 bridgehead atoms. The monoisotopic (exact) mass is 430 g/mol. The van der Waals surface area contributed by atoms with Crippen molar-refractivity contribution in [2.75, 3.05) is 39.9 Å². The number of hydrogen-bond acceptors (Lipinski definition) is 6. The van der Waals surface area contributed by atoms with E-state index in [0.29, 0.717) is 32.7 Å².